The van der Waals surface area contributed by atoms with Crippen molar-refractivity contribution in [2.75, 3.05) is 56.2 Å². The van der Waals surface area contributed by atoms with Gasteiger partial charge < -0.3 is 25.0 Å². The molecule has 0 saturated carbocycles. The van der Waals surface area contributed by atoms with E-state index in [2.05, 4.69) is 21.2 Å². The number of aromatic nitrogens is 1. The van der Waals surface area contributed by atoms with Crippen molar-refractivity contribution >= 4 is 38.8 Å². The molecule has 2 aromatic carbocycles. The molecule has 1 atom stereocenters. The first-order valence-corrected chi connectivity index (χ1v) is 12.7. The molecule has 9 nitrogen and oxygen atoms in total. The Morgan fingerprint density at radius 1 is 1.06 bits per heavy atom. The van der Waals surface area contributed by atoms with Crippen LogP contribution in [0.15, 0.2) is 59.6 Å². The molecule has 0 spiro atoms. The fraction of sp³-hybridized carbons (Fsp3) is 0.375. The van der Waals surface area contributed by atoms with Crippen LogP contribution >= 0.6 is 0 Å². The minimum Gasteiger partial charge on any atom is -0.483 e. The van der Waals surface area contributed by atoms with Crippen LogP contribution in [0.25, 0.3) is 10.9 Å². The third-order valence-corrected chi connectivity index (χ3v) is 8.04. The number of fused-ring (bicyclic) bond motifs is 1. The Kier molecular flexibility index (Phi) is 7.40. The molecule has 182 valence electrons. The molecule has 2 saturated heterocycles. The van der Waals surface area contributed by atoms with Gasteiger partial charge in [-0.05, 0) is 42.8 Å². The Balaban J connectivity index is 0.000000868. The molecule has 0 amide bonds. The number of benzene rings is 2. The summed E-state index contributed by atoms with van der Waals surface area (Å²) in [6.07, 6.45) is 2.82. The van der Waals surface area contributed by atoms with Crippen LogP contribution in [0.3, 0.4) is 0 Å². The van der Waals surface area contributed by atoms with Crippen LogP contribution in [0, 0.1) is 0 Å². The van der Waals surface area contributed by atoms with Crippen molar-refractivity contribution in [3.05, 3.63) is 54.7 Å². The zero-order valence-electron chi connectivity index (χ0n) is 19.1. The number of hydrogen-bond donors (Lipinski definition) is 2. The van der Waals surface area contributed by atoms with E-state index in [1.807, 2.05) is 30.3 Å². The molecular weight excluding hydrogens is 456 g/mol. The molecule has 2 N–H and O–H groups in total. The standard InChI is InChI=1S/C23H28N4O3S.CH2O2/c1-30-19-8-12-26(17-19)18-4-2-5-20(16-18)31(28,29)27-13-9-21-22(6-3-7-23(21)27)25-14-10-24-11-15-25;2-1-3/h2-7,9,13,16,19,24H,8,10-12,14-15,17H2,1H3;1H,(H,2,3). The summed E-state index contributed by atoms with van der Waals surface area (Å²) in [5.41, 5.74) is 2.71. The monoisotopic (exact) mass is 486 g/mol. The zero-order valence-corrected chi connectivity index (χ0v) is 19.9. The highest BCUT2D eigenvalue weighted by molar-refractivity contribution is 7.90. The number of ether oxygens (including phenoxy) is 1. The van der Waals surface area contributed by atoms with E-state index in [1.165, 1.54) is 3.97 Å². The van der Waals surface area contributed by atoms with Crippen LogP contribution in [0.2, 0.25) is 0 Å². The summed E-state index contributed by atoms with van der Waals surface area (Å²) in [5.74, 6) is 0. The summed E-state index contributed by atoms with van der Waals surface area (Å²) in [4.78, 5) is 13.2. The minimum absolute atomic E-state index is 0.192. The predicted octanol–water partition coefficient (Wildman–Crippen LogP) is 2.21. The Bertz CT molecular complexity index is 1240. The van der Waals surface area contributed by atoms with Crippen molar-refractivity contribution in [2.45, 2.75) is 17.4 Å². The average Bonchev–Trinajstić information content (AvgIpc) is 3.53. The van der Waals surface area contributed by atoms with Gasteiger partial charge in [0.2, 0.25) is 0 Å². The van der Waals surface area contributed by atoms with E-state index in [0.29, 0.717) is 10.4 Å². The van der Waals surface area contributed by atoms with Gasteiger partial charge in [0.05, 0.1) is 16.5 Å². The first-order chi connectivity index (χ1) is 16.5. The van der Waals surface area contributed by atoms with Gasteiger partial charge in [0.15, 0.2) is 0 Å². The number of nitrogens with zero attached hydrogens (tertiary/aromatic N) is 3. The van der Waals surface area contributed by atoms with Crippen molar-refractivity contribution in [3.8, 4) is 0 Å². The average molecular weight is 487 g/mol. The fourth-order valence-corrected chi connectivity index (χ4v) is 6.01. The number of carbonyl (C=O) groups is 1. The number of rotatable bonds is 5. The summed E-state index contributed by atoms with van der Waals surface area (Å²) in [6, 6.07) is 15.0. The summed E-state index contributed by atoms with van der Waals surface area (Å²) in [5, 5.41) is 11.2. The second kappa shape index (κ2) is 10.5. The Hall–Kier alpha value is -3.08. The van der Waals surface area contributed by atoms with Crippen molar-refractivity contribution in [1.82, 2.24) is 9.29 Å². The number of methoxy groups -OCH3 is 1. The summed E-state index contributed by atoms with van der Waals surface area (Å²) in [7, 11) is -1.99. The van der Waals surface area contributed by atoms with E-state index < -0.39 is 10.0 Å². The lowest BCUT2D eigenvalue weighted by Crippen LogP contribution is -2.43. The third kappa shape index (κ3) is 4.75. The third-order valence-electron chi connectivity index (χ3n) is 6.35. The smallest absolute Gasteiger partial charge is 0.290 e. The van der Waals surface area contributed by atoms with Gasteiger partial charge in [-0.15, -0.1) is 0 Å². The maximum Gasteiger partial charge on any atom is 0.290 e. The molecule has 1 unspecified atom stereocenters. The lowest BCUT2D eigenvalue weighted by Gasteiger charge is -2.30. The molecule has 5 rings (SSSR count). The molecule has 2 aliphatic rings. The molecule has 2 fully saturated rings. The van der Waals surface area contributed by atoms with Crippen LogP contribution in [0.4, 0.5) is 11.4 Å². The zero-order chi connectivity index (χ0) is 24.1. The normalized spacial score (nSPS) is 18.6. The molecule has 1 aromatic heterocycles. The minimum atomic E-state index is -3.71. The van der Waals surface area contributed by atoms with E-state index in [0.717, 1.165) is 62.5 Å². The lowest BCUT2D eigenvalue weighted by atomic mass is 10.2. The molecule has 0 radical (unpaired) electrons. The van der Waals surface area contributed by atoms with E-state index in [-0.39, 0.29) is 12.6 Å². The van der Waals surface area contributed by atoms with Crippen molar-refractivity contribution < 1.29 is 23.1 Å². The number of piperazine rings is 1. The van der Waals surface area contributed by atoms with Gasteiger partial charge in [0.1, 0.15) is 0 Å². The van der Waals surface area contributed by atoms with Gasteiger partial charge >= 0.3 is 0 Å². The highest BCUT2D eigenvalue weighted by Gasteiger charge is 2.25. The fourth-order valence-electron chi connectivity index (χ4n) is 4.63. The molecule has 34 heavy (non-hydrogen) atoms. The van der Waals surface area contributed by atoms with Crippen LogP contribution in [-0.4, -0.2) is 76.5 Å². The highest BCUT2D eigenvalue weighted by Crippen LogP contribution is 2.31. The first-order valence-electron chi connectivity index (χ1n) is 11.3. The van der Waals surface area contributed by atoms with E-state index in [1.54, 1.807) is 25.4 Å². The van der Waals surface area contributed by atoms with Gasteiger partial charge in [-0.1, -0.05) is 12.1 Å². The number of anilines is 2. The predicted molar refractivity (Wildman–Crippen MR) is 132 cm³/mol. The molecule has 3 heterocycles. The molecule has 0 bridgehead atoms. The van der Waals surface area contributed by atoms with Crippen LogP contribution in [0.5, 0.6) is 0 Å². The van der Waals surface area contributed by atoms with Gasteiger partial charge in [-0.25, -0.2) is 12.4 Å². The van der Waals surface area contributed by atoms with E-state index >= 15 is 0 Å². The Morgan fingerprint density at radius 3 is 2.50 bits per heavy atom. The maximum absolute atomic E-state index is 13.6. The maximum atomic E-state index is 13.6. The summed E-state index contributed by atoms with van der Waals surface area (Å²) >= 11 is 0. The topological polar surface area (TPSA) is 104 Å². The summed E-state index contributed by atoms with van der Waals surface area (Å²) < 4.78 is 34.0. The Morgan fingerprint density at radius 2 is 1.79 bits per heavy atom. The van der Waals surface area contributed by atoms with Crippen LogP contribution in [0.1, 0.15) is 6.42 Å². The molecule has 2 aliphatic heterocycles. The SMILES string of the molecule is COC1CCN(c2cccc(S(=O)(=O)n3ccc4c(N5CCNCC5)cccc43)c2)C1.O=CO. The van der Waals surface area contributed by atoms with Gasteiger partial charge in [0, 0.05) is 69.3 Å². The first kappa shape index (κ1) is 24.1. The molecular formula is C24H30N4O5S. The number of hydrogen-bond acceptors (Lipinski definition) is 7. The lowest BCUT2D eigenvalue weighted by molar-refractivity contribution is -0.122. The number of carboxylic acid groups (broad SMARTS) is 1. The van der Waals surface area contributed by atoms with Gasteiger partial charge in [-0.2, -0.15) is 0 Å². The molecule has 0 aliphatic carbocycles. The quantitative estimate of drug-likeness (QED) is 0.529. The van der Waals surface area contributed by atoms with Gasteiger partial charge in [-0.3, -0.25) is 4.79 Å². The second-order valence-electron chi connectivity index (χ2n) is 8.26. The number of nitrogens with one attached hydrogen (secondary N) is 1. The van der Waals surface area contributed by atoms with Crippen LogP contribution in [-0.2, 0) is 19.6 Å². The van der Waals surface area contributed by atoms with Crippen molar-refractivity contribution in [2.24, 2.45) is 0 Å². The van der Waals surface area contributed by atoms with E-state index in [4.69, 9.17) is 14.6 Å². The molecule has 3 aromatic rings. The van der Waals surface area contributed by atoms with E-state index in [9.17, 15) is 8.42 Å². The highest BCUT2D eigenvalue weighted by atomic mass is 32.2. The Labute approximate surface area is 199 Å². The second-order valence-corrected chi connectivity index (χ2v) is 10.1. The van der Waals surface area contributed by atoms with Crippen LogP contribution < -0.4 is 15.1 Å². The van der Waals surface area contributed by atoms with Crippen molar-refractivity contribution in [1.29, 1.82) is 0 Å². The van der Waals surface area contributed by atoms with Gasteiger partial charge in [0.25, 0.3) is 16.5 Å². The largest absolute Gasteiger partial charge is 0.483 e. The van der Waals surface area contributed by atoms with Crippen molar-refractivity contribution in [3.63, 3.8) is 0 Å². The molecule has 10 heteroatoms. The summed E-state index contributed by atoms with van der Waals surface area (Å²) in [6.45, 7) is 5.09.